The molecule has 10 heteroatoms. The second-order valence-corrected chi connectivity index (χ2v) is 26.2. The Morgan fingerprint density at radius 2 is 1.32 bits per heavy atom. The molecular formula is C18H42O6Si4. The third kappa shape index (κ3) is 14.9. The lowest BCUT2D eigenvalue weighted by molar-refractivity contribution is -0.140. The van der Waals surface area contributed by atoms with Crippen molar-refractivity contribution in [1.82, 2.24) is 0 Å². The van der Waals surface area contributed by atoms with Gasteiger partial charge in [0.1, 0.15) is 6.61 Å². The van der Waals surface area contributed by atoms with E-state index in [1.54, 1.807) is 6.92 Å². The molecule has 0 radical (unpaired) electrons. The van der Waals surface area contributed by atoms with Crippen LogP contribution < -0.4 is 0 Å². The molecule has 0 aromatic heterocycles. The van der Waals surface area contributed by atoms with Gasteiger partial charge in [0.05, 0.1) is 6.61 Å². The van der Waals surface area contributed by atoms with Crippen LogP contribution in [-0.4, -0.2) is 59.5 Å². The maximum atomic E-state index is 11.3. The number of ether oxygens (including phenoxy) is 2. The van der Waals surface area contributed by atoms with Crippen LogP contribution in [-0.2, 0) is 26.6 Å². The van der Waals surface area contributed by atoms with E-state index in [0.717, 1.165) is 12.5 Å². The van der Waals surface area contributed by atoms with Gasteiger partial charge < -0.3 is 21.8 Å². The summed E-state index contributed by atoms with van der Waals surface area (Å²) in [5.41, 5.74) is 0.398. The number of esters is 1. The lowest BCUT2D eigenvalue weighted by Crippen LogP contribution is -2.56. The first-order chi connectivity index (χ1) is 12.4. The Hall–Kier alpha value is -0.0825. The summed E-state index contributed by atoms with van der Waals surface area (Å²) in [7, 11) is -8.07. The molecule has 0 aromatic carbocycles. The number of rotatable bonds is 14. The van der Waals surface area contributed by atoms with Crippen LogP contribution in [0.2, 0.25) is 65.0 Å². The number of hydrogen-bond donors (Lipinski definition) is 0. The van der Waals surface area contributed by atoms with Crippen molar-refractivity contribution in [1.29, 1.82) is 0 Å². The first kappa shape index (κ1) is 27.9. The summed E-state index contributed by atoms with van der Waals surface area (Å²) < 4.78 is 30.2. The summed E-state index contributed by atoms with van der Waals surface area (Å²) in [6, 6.07) is 0.855. The van der Waals surface area contributed by atoms with Gasteiger partial charge in [-0.25, -0.2) is 4.79 Å². The maximum absolute atomic E-state index is 11.3. The highest BCUT2D eigenvalue weighted by Gasteiger charge is 2.44. The molecular weight excluding hydrogens is 425 g/mol. The number of hydrogen-bond acceptors (Lipinski definition) is 6. The Labute approximate surface area is 176 Å². The molecule has 166 valence electrons. The molecule has 1 unspecified atom stereocenters. The zero-order valence-corrected chi connectivity index (χ0v) is 23.7. The zero-order valence-electron chi connectivity index (χ0n) is 19.7. The van der Waals surface area contributed by atoms with Gasteiger partial charge in [-0.3, -0.25) is 0 Å². The van der Waals surface area contributed by atoms with Crippen molar-refractivity contribution in [3.63, 3.8) is 0 Å². The predicted molar refractivity (Wildman–Crippen MR) is 125 cm³/mol. The average molecular weight is 467 g/mol. The summed E-state index contributed by atoms with van der Waals surface area (Å²) in [6.45, 7) is 26.0. The fraction of sp³-hybridized carbons (Fsp3) is 0.833. The van der Waals surface area contributed by atoms with Crippen molar-refractivity contribution in [2.75, 3.05) is 19.8 Å². The third-order valence-corrected chi connectivity index (χ3v) is 16.8. The average Bonchev–Trinajstić information content (AvgIpc) is 2.39. The SMILES string of the molecule is C=C(C)C(=O)OCCOCCC[Si](C)(O[Si](C)(C)C)O[Si](C)(C)O[Si](C)(C)C. The normalized spacial score (nSPS) is 15.2. The lowest BCUT2D eigenvalue weighted by Gasteiger charge is -2.41. The smallest absolute Gasteiger partial charge is 0.333 e. The van der Waals surface area contributed by atoms with Crippen molar-refractivity contribution >= 4 is 39.7 Å². The van der Waals surface area contributed by atoms with E-state index < -0.39 is 33.8 Å². The quantitative estimate of drug-likeness (QED) is 0.155. The van der Waals surface area contributed by atoms with Gasteiger partial charge in [0, 0.05) is 12.2 Å². The molecule has 0 amide bonds. The molecule has 0 aromatic rings. The molecule has 0 N–H and O–H groups in total. The minimum absolute atomic E-state index is 0.242. The molecule has 0 aliphatic carbocycles. The third-order valence-electron chi connectivity index (χ3n) is 3.26. The van der Waals surface area contributed by atoms with Crippen LogP contribution >= 0.6 is 0 Å². The van der Waals surface area contributed by atoms with Crippen LogP contribution in [0, 0.1) is 0 Å². The van der Waals surface area contributed by atoms with Crippen LogP contribution in [0.4, 0.5) is 0 Å². The molecule has 0 spiro atoms. The first-order valence-corrected chi connectivity index (χ1v) is 22.1. The van der Waals surface area contributed by atoms with E-state index in [0.29, 0.717) is 18.8 Å². The largest absolute Gasteiger partial charge is 0.460 e. The van der Waals surface area contributed by atoms with Gasteiger partial charge in [0.25, 0.3) is 0 Å². The van der Waals surface area contributed by atoms with Gasteiger partial charge in [-0.05, 0) is 78.3 Å². The van der Waals surface area contributed by atoms with Crippen LogP contribution in [0.15, 0.2) is 12.2 Å². The highest BCUT2D eigenvalue weighted by atomic mass is 28.5. The summed E-state index contributed by atoms with van der Waals surface area (Å²) in [6.07, 6.45) is 0.846. The fourth-order valence-corrected chi connectivity index (χ4v) is 20.9. The molecule has 0 fully saturated rings. The topological polar surface area (TPSA) is 63.2 Å². The highest BCUT2D eigenvalue weighted by molar-refractivity contribution is 6.89. The van der Waals surface area contributed by atoms with Crippen molar-refractivity contribution in [2.24, 2.45) is 0 Å². The first-order valence-electron chi connectivity index (χ1n) is 9.96. The van der Waals surface area contributed by atoms with E-state index in [-0.39, 0.29) is 12.6 Å². The van der Waals surface area contributed by atoms with Crippen LogP contribution in [0.25, 0.3) is 0 Å². The summed E-state index contributed by atoms with van der Waals surface area (Å²) in [5, 5.41) is 0. The van der Waals surface area contributed by atoms with E-state index in [9.17, 15) is 4.79 Å². The molecule has 28 heavy (non-hydrogen) atoms. The van der Waals surface area contributed by atoms with Gasteiger partial charge in [-0.1, -0.05) is 6.58 Å². The summed E-state index contributed by atoms with van der Waals surface area (Å²) in [4.78, 5) is 11.3. The number of carbonyl (C=O) groups excluding carboxylic acids is 1. The monoisotopic (exact) mass is 466 g/mol. The second kappa shape index (κ2) is 11.3. The summed E-state index contributed by atoms with van der Waals surface area (Å²) in [5.74, 6) is -0.380. The molecule has 0 bridgehead atoms. The van der Waals surface area contributed by atoms with Crippen molar-refractivity contribution in [3.8, 4) is 0 Å². The molecule has 0 saturated heterocycles. The van der Waals surface area contributed by atoms with Crippen LogP contribution in [0.5, 0.6) is 0 Å². The van der Waals surface area contributed by atoms with Gasteiger partial charge in [-0.15, -0.1) is 0 Å². The van der Waals surface area contributed by atoms with Crippen LogP contribution in [0.1, 0.15) is 13.3 Å². The number of carbonyl (C=O) groups is 1. The highest BCUT2D eigenvalue weighted by Crippen LogP contribution is 2.27. The van der Waals surface area contributed by atoms with E-state index in [4.69, 9.17) is 21.8 Å². The summed E-state index contributed by atoms with van der Waals surface area (Å²) >= 11 is 0. The van der Waals surface area contributed by atoms with E-state index in [1.807, 2.05) is 0 Å². The van der Waals surface area contributed by atoms with Crippen LogP contribution in [0.3, 0.4) is 0 Å². The standard InChI is InChI=1S/C18H42O6Si4/c1-17(2)18(19)21-15-14-20-13-12-16-28(11,23-26(6,7)8)24-27(9,10)22-25(3,4)5/h1,12-16H2,2-11H3. The van der Waals surface area contributed by atoms with Gasteiger partial charge in [-0.2, -0.15) is 0 Å². The van der Waals surface area contributed by atoms with E-state index in [1.165, 1.54) is 0 Å². The van der Waals surface area contributed by atoms with Crippen molar-refractivity contribution < 1.29 is 26.6 Å². The molecule has 0 aliphatic rings. The Balaban J connectivity index is 4.60. The Bertz CT molecular complexity index is 513. The minimum atomic E-state index is -2.38. The van der Waals surface area contributed by atoms with Gasteiger partial charge in [0.2, 0.25) is 0 Å². The Morgan fingerprint density at radius 3 is 1.79 bits per heavy atom. The zero-order chi connectivity index (χ0) is 22.2. The molecule has 0 aliphatic heterocycles. The lowest BCUT2D eigenvalue weighted by atomic mass is 10.4. The molecule has 0 heterocycles. The molecule has 1 atom stereocenters. The minimum Gasteiger partial charge on any atom is -0.460 e. The Morgan fingerprint density at radius 1 is 0.786 bits per heavy atom. The maximum Gasteiger partial charge on any atom is 0.333 e. The second-order valence-electron chi connectivity index (χ2n) is 9.70. The fourth-order valence-electron chi connectivity index (χ4n) is 2.96. The molecule has 0 rings (SSSR count). The predicted octanol–water partition coefficient (Wildman–Crippen LogP) is 5.01. The van der Waals surface area contributed by atoms with Crippen molar-refractivity contribution in [2.45, 2.75) is 78.3 Å². The molecule has 0 saturated carbocycles. The van der Waals surface area contributed by atoms with Gasteiger partial charge in [0.15, 0.2) is 16.6 Å². The van der Waals surface area contributed by atoms with Gasteiger partial charge >= 0.3 is 23.1 Å². The van der Waals surface area contributed by atoms with Crippen molar-refractivity contribution in [3.05, 3.63) is 12.2 Å². The van der Waals surface area contributed by atoms with E-state index in [2.05, 4.69) is 65.5 Å². The van der Waals surface area contributed by atoms with E-state index >= 15 is 0 Å². The molecule has 6 nitrogen and oxygen atoms in total. The Kier molecular flexibility index (Phi) is 11.3.